The highest BCUT2D eigenvalue weighted by atomic mass is 19.3. The number of rotatable bonds is 8. The van der Waals surface area contributed by atoms with Gasteiger partial charge in [-0.05, 0) is 55.2 Å². The number of hydrogen-bond acceptors (Lipinski definition) is 3. The zero-order chi connectivity index (χ0) is 18.2. The second kappa shape index (κ2) is 9.01. The topological polar surface area (TPSA) is 50.4 Å². The summed E-state index contributed by atoms with van der Waals surface area (Å²) in [4.78, 5) is 11.9. The molecule has 0 aliphatic carbocycles. The fourth-order valence-electron chi connectivity index (χ4n) is 2.35. The third-order valence-electron chi connectivity index (χ3n) is 3.72. The number of carbonyl (C=O) groups is 1. The number of anilines is 1. The number of amides is 1. The van der Waals surface area contributed by atoms with Gasteiger partial charge in [0.15, 0.2) is 0 Å². The van der Waals surface area contributed by atoms with Crippen molar-refractivity contribution < 1.29 is 18.3 Å². The van der Waals surface area contributed by atoms with Crippen molar-refractivity contribution in [3.05, 3.63) is 59.2 Å². The Kier molecular flexibility index (Phi) is 6.74. The van der Waals surface area contributed by atoms with Crippen LogP contribution in [0.15, 0.2) is 42.5 Å². The highest BCUT2D eigenvalue weighted by molar-refractivity contribution is 5.81. The minimum atomic E-state index is -2.82. The Balaban J connectivity index is 1.72. The van der Waals surface area contributed by atoms with Crippen molar-refractivity contribution in [1.29, 1.82) is 0 Å². The SMILES string of the molecule is Cc1ccc(C)c(NCC(=O)NCCc2ccc(OC(F)F)cc2)c1. The molecule has 134 valence electrons. The Morgan fingerprint density at radius 1 is 1.12 bits per heavy atom. The molecule has 0 heterocycles. The molecule has 2 rings (SSSR count). The molecule has 2 N–H and O–H groups in total. The number of hydrogen-bond donors (Lipinski definition) is 2. The van der Waals surface area contributed by atoms with Crippen molar-refractivity contribution >= 4 is 11.6 Å². The molecule has 2 aromatic rings. The lowest BCUT2D eigenvalue weighted by Gasteiger charge is -2.11. The van der Waals surface area contributed by atoms with Gasteiger partial charge in [-0.2, -0.15) is 8.78 Å². The standard InChI is InChI=1S/C19H22F2N2O2/c1-13-3-4-14(2)17(11-13)23-12-18(24)22-10-9-15-5-7-16(8-6-15)25-19(20)21/h3-8,11,19,23H,9-10,12H2,1-2H3,(H,22,24). The van der Waals surface area contributed by atoms with E-state index >= 15 is 0 Å². The van der Waals surface area contributed by atoms with E-state index in [2.05, 4.69) is 15.4 Å². The van der Waals surface area contributed by atoms with E-state index in [1.165, 1.54) is 12.1 Å². The summed E-state index contributed by atoms with van der Waals surface area (Å²) in [6, 6.07) is 12.4. The van der Waals surface area contributed by atoms with Gasteiger partial charge in [-0.15, -0.1) is 0 Å². The predicted octanol–water partition coefficient (Wildman–Crippen LogP) is 3.68. The molecular formula is C19H22F2N2O2. The van der Waals surface area contributed by atoms with Gasteiger partial charge in [-0.1, -0.05) is 24.3 Å². The first-order valence-electron chi connectivity index (χ1n) is 8.05. The summed E-state index contributed by atoms with van der Waals surface area (Å²) in [6.07, 6.45) is 0.615. The second-order valence-corrected chi connectivity index (χ2v) is 5.79. The first-order chi connectivity index (χ1) is 11.9. The van der Waals surface area contributed by atoms with E-state index in [0.29, 0.717) is 13.0 Å². The summed E-state index contributed by atoms with van der Waals surface area (Å²) in [5, 5.41) is 5.96. The van der Waals surface area contributed by atoms with Gasteiger partial charge in [0.1, 0.15) is 5.75 Å². The van der Waals surface area contributed by atoms with E-state index in [-0.39, 0.29) is 18.2 Å². The van der Waals surface area contributed by atoms with Crippen LogP contribution < -0.4 is 15.4 Å². The smallest absolute Gasteiger partial charge is 0.387 e. The van der Waals surface area contributed by atoms with Crippen molar-refractivity contribution in [3.8, 4) is 5.75 Å². The van der Waals surface area contributed by atoms with E-state index in [1.807, 2.05) is 32.0 Å². The number of halogens is 2. The molecule has 25 heavy (non-hydrogen) atoms. The number of benzene rings is 2. The van der Waals surface area contributed by atoms with Gasteiger partial charge in [-0.25, -0.2) is 0 Å². The molecular weight excluding hydrogens is 326 g/mol. The van der Waals surface area contributed by atoms with Crippen LogP contribution >= 0.6 is 0 Å². The molecule has 0 radical (unpaired) electrons. The zero-order valence-electron chi connectivity index (χ0n) is 14.3. The van der Waals surface area contributed by atoms with Crippen LogP contribution in [0.2, 0.25) is 0 Å². The Bertz CT molecular complexity index is 703. The zero-order valence-corrected chi connectivity index (χ0v) is 14.3. The van der Waals surface area contributed by atoms with Crippen LogP contribution in [0.3, 0.4) is 0 Å². The van der Waals surface area contributed by atoms with Gasteiger partial charge >= 0.3 is 6.61 Å². The number of ether oxygens (including phenoxy) is 1. The fourth-order valence-corrected chi connectivity index (χ4v) is 2.35. The molecule has 0 aliphatic rings. The molecule has 0 aromatic heterocycles. The van der Waals surface area contributed by atoms with Crippen molar-refractivity contribution in [2.45, 2.75) is 26.9 Å². The average molecular weight is 348 g/mol. The molecule has 0 fully saturated rings. The molecule has 0 aliphatic heterocycles. The van der Waals surface area contributed by atoms with Crippen molar-refractivity contribution in [2.24, 2.45) is 0 Å². The normalized spacial score (nSPS) is 10.6. The largest absolute Gasteiger partial charge is 0.435 e. The monoisotopic (exact) mass is 348 g/mol. The lowest BCUT2D eigenvalue weighted by Crippen LogP contribution is -2.31. The van der Waals surface area contributed by atoms with E-state index < -0.39 is 6.61 Å². The second-order valence-electron chi connectivity index (χ2n) is 5.79. The van der Waals surface area contributed by atoms with Gasteiger partial charge in [0, 0.05) is 12.2 Å². The summed E-state index contributed by atoms with van der Waals surface area (Å²) >= 11 is 0. The van der Waals surface area contributed by atoms with Gasteiger partial charge in [0.2, 0.25) is 5.91 Å². The van der Waals surface area contributed by atoms with Crippen molar-refractivity contribution in [2.75, 3.05) is 18.4 Å². The van der Waals surface area contributed by atoms with Crippen LogP contribution in [0.5, 0.6) is 5.75 Å². The maximum atomic E-state index is 12.1. The van der Waals surface area contributed by atoms with E-state index in [1.54, 1.807) is 12.1 Å². The van der Waals surface area contributed by atoms with E-state index in [4.69, 9.17) is 0 Å². The molecule has 2 aromatic carbocycles. The number of nitrogens with one attached hydrogen (secondary N) is 2. The first-order valence-corrected chi connectivity index (χ1v) is 8.05. The quantitative estimate of drug-likeness (QED) is 0.765. The highest BCUT2D eigenvalue weighted by Crippen LogP contribution is 2.16. The van der Waals surface area contributed by atoms with E-state index in [0.717, 1.165) is 22.4 Å². The molecule has 1 amide bonds. The van der Waals surface area contributed by atoms with Crippen molar-refractivity contribution in [3.63, 3.8) is 0 Å². The summed E-state index contributed by atoms with van der Waals surface area (Å²) < 4.78 is 28.5. The van der Waals surface area contributed by atoms with Gasteiger partial charge in [0.25, 0.3) is 0 Å². The van der Waals surface area contributed by atoms with Crippen LogP contribution in [-0.4, -0.2) is 25.6 Å². The van der Waals surface area contributed by atoms with Crippen LogP contribution in [0, 0.1) is 13.8 Å². The Labute approximate surface area is 146 Å². The maximum Gasteiger partial charge on any atom is 0.387 e. The summed E-state index contributed by atoms with van der Waals surface area (Å²) in [6.45, 7) is 1.84. The molecule has 4 nitrogen and oxygen atoms in total. The Morgan fingerprint density at radius 3 is 2.52 bits per heavy atom. The van der Waals surface area contributed by atoms with Crippen LogP contribution in [0.1, 0.15) is 16.7 Å². The molecule has 0 spiro atoms. The molecule has 0 unspecified atom stereocenters. The molecule has 6 heteroatoms. The minimum absolute atomic E-state index is 0.0986. The summed E-state index contributed by atoms with van der Waals surface area (Å²) in [5.74, 6) is 0.0269. The third-order valence-corrected chi connectivity index (χ3v) is 3.72. The van der Waals surface area contributed by atoms with Gasteiger partial charge in [-0.3, -0.25) is 4.79 Å². The van der Waals surface area contributed by atoms with E-state index in [9.17, 15) is 13.6 Å². The predicted molar refractivity (Wildman–Crippen MR) is 94.2 cm³/mol. The van der Waals surface area contributed by atoms with Crippen LogP contribution in [0.25, 0.3) is 0 Å². The molecule has 0 bridgehead atoms. The molecule has 0 atom stereocenters. The summed E-state index contributed by atoms with van der Waals surface area (Å²) in [7, 11) is 0. The highest BCUT2D eigenvalue weighted by Gasteiger charge is 2.05. The third kappa shape index (κ3) is 6.41. The molecule has 0 saturated carbocycles. The van der Waals surface area contributed by atoms with Gasteiger partial charge < -0.3 is 15.4 Å². The lowest BCUT2D eigenvalue weighted by molar-refractivity contribution is -0.119. The number of carbonyl (C=O) groups excluding carboxylic acids is 1. The number of aryl methyl sites for hydroxylation is 2. The summed E-state index contributed by atoms with van der Waals surface area (Å²) in [5.41, 5.74) is 4.10. The lowest BCUT2D eigenvalue weighted by atomic mass is 10.1. The van der Waals surface area contributed by atoms with Gasteiger partial charge in [0.05, 0.1) is 6.54 Å². The minimum Gasteiger partial charge on any atom is -0.435 e. The molecule has 0 saturated heterocycles. The maximum absolute atomic E-state index is 12.1. The average Bonchev–Trinajstić information content (AvgIpc) is 2.57. The van der Waals surface area contributed by atoms with Crippen molar-refractivity contribution in [1.82, 2.24) is 5.32 Å². The van der Waals surface area contributed by atoms with Crippen LogP contribution in [-0.2, 0) is 11.2 Å². The Morgan fingerprint density at radius 2 is 1.84 bits per heavy atom. The fraction of sp³-hybridized carbons (Fsp3) is 0.316. The first kappa shape index (κ1) is 18.7. The number of alkyl halides is 2. The Hall–Kier alpha value is -2.63. The van der Waals surface area contributed by atoms with Crippen LogP contribution in [0.4, 0.5) is 14.5 Å².